The second-order valence-electron chi connectivity index (χ2n) is 9.84. The Bertz CT molecular complexity index is 1560. The fourth-order valence-corrected chi connectivity index (χ4v) is 5.68. The number of non-ortho nitro benzene ring substituents is 1. The number of benzene rings is 3. The lowest BCUT2D eigenvalue weighted by atomic mass is 9.77. The van der Waals surface area contributed by atoms with Crippen LogP contribution in [0.4, 0.5) is 5.69 Å². The molecule has 3 aromatic rings. The molecule has 2 atom stereocenters. The summed E-state index contributed by atoms with van der Waals surface area (Å²) in [4.78, 5) is 51.2. The van der Waals surface area contributed by atoms with Crippen LogP contribution in [0.25, 0.3) is 6.08 Å². The number of imide groups is 1. The number of hydrazone groups is 1. The highest BCUT2D eigenvalue weighted by Crippen LogP contribution is 2.44. The zero-order valence-electron chi connectivity index (χ0n) is 20.9. The molecule has 3 aromatic carbocycles. The third kappa shape index (κ3) is 4.31. The molecule has 0 N–H and O–H groups in total. The molecule has 0 spiro atoms. The SMILES string of the molecule is O=C1c2ccc([N+](=O)[O-])cc2C(=O)N1CC(=O)N1N=C2C(=Cc3ccccc3)CCCC2C1c1ccccc1. The highest BCUT2D eigenvalue weighted by atomic mass is 16.6. The van der Waals surface area contributed by atoms with Crippen LogP contribution in [-0.2, 0) is 4.79 Å². The summed E-state index contributed by atoms with van der Waals surface area (Å²) in [6, 6.07) is 22.8. The second kappa shape index (κ2) is 9.75. The van der Waals surface area contributed by atoms with Gasteiger partial charge in [-0.15, -0.1) is 0 Å². The van der Waals surface area contributed by atoms with Gasteiger partial charge in [0.15, 0.2) is 0 Å². The Morgan fingerprint density at radius 1 is 0.974 bits per heavy atom. The third-order valence-electron chi connectivity index (χ3n) is 7.50. The predicted molar refractivity (Wildman–Crippen MR) is 144 cm³/mol. The van der Waals surface area contributed by atoms with Crippen LogP contribution < -0.4 is 0 Å². The van der Waals surface area contributed by atoms with Crippen LogP contribution in [0, 0.1) is 16.0 Å². The van der Waals surface area contributed by atoms with Crippen molar-refractivity contribution < 1.29 is 19.3 Å². The molecule has 2 unspecified atom stereocenters. The van der Waals surface area contributed by atoms with Crippen molar-refractivity contribution in [3.8, 4) is 0 Å². The van der Waals surface area contributed by atoms with Gasteiger partial charge < -0.3 is 0 Å². The monoisotopic (exact) mass is 520 g/mol. The first-order chi connectivity index (χ1) is 18.9. The zero-order chi connectivity index (χ0) is 27.1. The second-order valence-corrected chi connectivity index (χ2v) is 9.84. The van der Waals surface area contributed by atoms with Gasteiger partial charge in [0.25, 0.3) is 23.4 Å². The number of carbonyl (C=O) groups is 3. The van der Waals surface area contributed by atoms with Crippen molar-refractivity contribution in [2.75, 3.05) is 6.54 Å². The number of hydrogen-bond donors (Lipinski definition) is 0. The van der Waals surface area contributed by atoms with E-state index in [4.69, 9.17) is 5.10 Å². The van der Waals surface area contributed by atoms with E-state index >= 15 is 0 Å². The minimum absolute atomic E-state index is 0.0232. The smallest absolute Gasteiger partial charge is 0.270 e. The quantitative estimate of drug-likeness (QED) is 0.266. The molecule has 9 heteroatoms. The Balaban J connectivity index is 1.33. The number of allylic oxidation sites excluding steroid dienone is 1. The maximum atomic E-state index is 13.8. The minimum Gasteiger partial charge on any atom is -0.271 e. The summed E-state index contributed by atoms with van der Waals surface area (Å²) in [5.74, 6) is -1.89. The van der Waals surface area contributed by atoms with Gasteiger partial charge in [-0.3, -0.25) is 29.4 Å². The molecule has 0 radical (unpaired) electrons. The van der Waals surface area contributed by atoms with Crippen molar-refractivity contribution in [3.63, 3.8) is 0 Å². The van der Waals surface area contributed by atoms with E-state index in [-0.39, 0.29) is 28.8 Å². The minimum atomic E-state index is -0.725. The van der Waals surface area contributed by atoms with Crippen molar-refractivity contribution in [2.45, 2.75) is 25.3 Å². The van der Waals surface area contributed by atoms with Gasteiger partial charge in [0.05, 0.1) is 27.8 Å². The summed E-state index contributed by atoms with van der Waals surface area (Å²) in [7, 11) is 0. The summed E-state index contributed by atoms with van der Waals surface area (Å²) >= 11 is 0. The van der Waals surface area contributed by atoms with Gasteiger partial charge in [0.1, 0.15) is 6.54 Å². The summed E-state index contributed by atoms with van der Waals surface area (Å²) in [6.45, 7) is -0.509. The largest absolute Gasteiger partial charge is 0.271 e. The van der Waals surface area contributed by atoms with E-state index in [1.807, 2.05) is 60.7 Å². The molecule has 2 heterocycles. The molecule has 1 saturated carbocycles. The summed E-state index contributed by atoms with van der Waals surface area (Å²) in [5, 5.41) is 17.4. The Labute approximate surface area is 224 Å². The van der Waals surface area contributed by atoms with Gasteiger partial charge in [0.2, 0.25) is 0 Å². The van der Waals surface area contributed by atoms with Crippen LogP contribution in [0.1, 0.15) is 57.1 Å². The highest BCUT2D eigenvalue weighted by Gasteiger charge is 2.45. The summed E-state index contributed by atoms with van der Waals surface area (Å²) < 4.78 is 0. The molecule has 3 amide bonds. The van der Waals surface area contributed by atoms with Gasteiger partial charge >= 0.3 is 0 Å². The summed E-state index contributed by atoms with van der Waals surface area (Å²) in [5.41, 5.74) is 3.58. The van der Waals surface area contributed by atoms with Crippen molar-refractivity contribution >= 4 is 35.2 Å². The van der Waals surface area contributed by atoms with Crippen LogP contribution in [0.3, 0.4) is 0 Å². The Morgan fingerprint density at radius 3 is 2.38 bits per heavy atom. The van der Waals surface area contributed by atoms with Crippen molar-refractivity contribution in [3.05, 3.63) is 117 Å². The van der Waals surface area contributed by atoms with E-state index < -0.39 is 29.2 Å². The molecular weight excluding hydrogens is 496 g/mol. The molecule has 0 saturated heterocycles. The van der Waals surface area contributed by atoms with Gasteiger partial charge in [0, 0.05) is 18.1 Å². The molecule has 39 heavy (non-hydrogen) atoms. The van der Waals surface area contributed by atoms with E-state index in [0.717, 1.165) is 52.6 Å². The Hall–Kier alpha value is -4.92. The topological polar surface area (TPSA) is 113 Å². The lowest BCUT2D eigenvalue weighted by molar-refractivity contribution is -0.384. The van der Waals surface area contributed by atoms with Crippen LogP contribution in [0.2, 0.25) is 0 Å². The number of nitrogens with zero attached hydrogens (tertiary/aromatic N) is 4. The molecular formula is C30H24N4O5. The average molecular weight is 521 g/mol. The molecule has 9 nitrogen and oxygen atoms in total. The number of hydrogen-bond acceptors (Lipinski definition) is 6. The highest BCUT2D eigenvalue weighted by molar-refractivity contribution is 6.22. The number of nitro benzene ring substituents is 1. The fraction of sp³-hybridized carbons (Fsp3) is 0.200. The van der Waals surface area contributed by atoms with Crippen LogP contribution in [0.5, 0.6) is 0 Å². The van der Waals surface area contributed by atoms with E-state index in [1.165, 1.54) is 17.1 Å². The number of amides is 3. The third-order valence-corrected chi connectivity index (χ3v) is 7.50. The standard InChI is InChI=1S/C30H24N4O5/c35-26(18-32-29(36)23-15-14-22(34(38)39)17-25(23)30(32)37)33-28(20-10-5-2-6-11-20)24-13-7-12-21(27(24)31-33)16-19-8-3-1-4-9-19/h1-6,8-11,14-17,24,28H,7,12-13,18H2. The van der Waals surface area contributed by atoms with Gasteiger partial charge in [-0.05, 0) is 48.1 Å². The molecule has 3 aliphatic rings. The normalized spacial score (nSPS) is 21.1. The maximum Gasteiger partial charge on any atom is 0.270 e. The van der Waals surface area contributed by atoms with Gasteiger partial charge in [-0.2, -0.15) is 5.10 Å². The van der Waals surface area contributed by atoms with E-state index in [2.05, 4.69) is 6.08 Å². The predicted octanol–water partition coefficient (Wildman–Crippen LogP) is 5.01. The molecule has 194 valence electrons. The van der Waals surface area contributed by atoms with Crippen molar-refractivity contribution in [2.24, 2.45) is 11.0 Å². The number of rotatable bonds is 5. The lowest BCUT2D eigenvalue weighted by Crippen LogP contribution is -2.41. The molecule has 0 aromatic heterocycles. The molecule has 6 rings (SSSR count). The molecule has 0 bridgehead atoms. The lowest BCUT2D eigenvalue weighted by Gasteiger charge is -2.30. The van der Waals surface area contributed by atoms with Gasteiger partial charge in [-0.1, -0.05) is 60.7 Å². The van der Waals surface area contributed by atoms with Gasteiger partial charge in [-0.25, -0.2) is 5.01 Å². The van der Waals surface area contributed by atoms with Crippen molar-refractivity contribution in [1.82, 2.24) is 9.91 Å². The fourth-order valence-electron chi connectivity index (χ4n) is 5.68. The molecule has 1 fully saturated rings. The maximum absolute atomic E-state index is 13.8. The molecule has 2 aliphatic heterocycles. The molecule has 1 aliphatic carbocycles. The van der Waals surface area contributed by atoms with E-state index in [0.29, 0.717) is 0 Å². The first kappa shape index (κ1) is 24.4. The van der Waals surface area contributed by atoms with Crippen molar-refractivity contribution in [1.29, 1.82) is 0 Å². The number of carbonyl (C=O) groups excluding carboxylic acids is 3. The Morgan fingerprint density at radius 2 is 1.67 bits per heavy atom. The summed E-state index contributed by atoms with van der Waals surface area (Å²) in [6.07, 6.45) is 4.75. The number of fused-ring (bicyclic) bond motifs is 2. The zero-order valence-corrected chi connectivity index (χ0v) is 20.9. The van der Waals surface area contributed by atoms with Crippen LogP contribution in [0.15, 0.2) is 89.5 Å². The average Bonchev–Trinajstić information content (AvgIpc) is 3.46. The van der Waals surface area contributed by atoms with E-state index in [1.54, 1.807) is 0 Å². The first-order valence-corrected chi connectivity index (χ1v) is 12.8. The number of nitro groups is 1. The van der Waals surface area contributed by atoms with Crippen LogP contribution in [-0.4, -0.2) is 44.8 Å². The van der Waals surface area contributed by atoms with E-state index in [9.17, 15) is 24.5 Å². The first-order valence-electron chi connectivity index (χ1n) is 12.8. The Kier molecular flexibility index (Phi) is 6.11. The van der Waals surface area contributed by atoms with Crippen LogP contribution >= 0.6 is 0 Å².